The van der Waals surface area contributed by atoms with Gasteiger partial charge < -0.3 is 0 Å². The summed E-state index contributed by atoms with van der Waals surface area (Å²) >= 11 is -0.826. The van der Waals surface area contributed by atoms with E-state index in [1.54, 1.807) is 0 Å². The van der Waals surface area contributed by atoms with Gasteiger partial charge in [-0.1, -0.05) is 25.8 Å². The van der Waals surface area contributed by atoms with Crippen molar-refractivity contribution in [1.82, 2.24) is 0 Å². The molecule has 0 spiro atoms. The Morgan fingerprint density at radius 3 is 2.56 bits per heavy atom. The molecular formula is C13H15Cl2Zr-. The van der Waals surface area contributed by atoms with Crippen LogP contribution in [0.2, 0.25) is 0 Å². The average molecular weight is 333 g/mol. The topological polar surface area (TPSA) is 0 Å². The zero-order valence-electron chi connectivity index (χ0n) is 9.34. The number of benzene rings is 1. The van der Waals surface area contributed by atoms with Gasteiger partial charge in [-0.2, -0.15) is 6.07 Å². The molecule has 0 heterocycles. The molecule has 0 fully saturated rings. The molecule has 0 aliphatic heterocycles. The third-order valence-corrected chi connectivity index (χ3v) is 2.50. The van der Waals surface area contributed by atoms with E-state index in [4.69, 9.17) is 17.0 Å². The molecule has 0 aromatic heterocycles. The first-order chi connectivity index (χ1) is 7.81. The van der Waals surface area contributed by atoms with E-state index >= 15 is 0 Å². The Kier molecular flexibility index (Phi) is 7.53. The molecule has 0 N–H and O–H groups in total. The van der Waals surface area contributed by atoms with E-state index in [0.717, 1.165) is 0 Å². The maximum atomic E-state index is 4.93. The van der Waals surface area contributed by atoms with Gasteiger partial charge in [0.2, 0.25) is 0 Å². The molecule has 2 aromatic carbocycles. The summed E-state index contributed by atoms with van der Waals surface area (Å²) in [5, 5.41) is 2.77. The Bertz CT molecular complexity index is 376. The molecule has 2 rings (SSSR count). The molecule has 0 saturated carbocycles. The molecule has 16 heavy (non-hydrogen) atoms. The standard InChI is InChI=1S/C13H15.2ClH.Zr/c1-2-3-6-11-9-12-7-4-5-8-13(12)10-11;;;/h4-5,7-10H,2-3,6H2,1H3;2*1H;/q-1;;;+2/p-2. The van der Waals surface area contributed by atoms with Crippen LogP contribution in [0.5, 0.6) is 0 Å². The van der Waals surface area contributed by atoms with Gasteiger partial charge in [0.15, 0.2) is 0 Å². The van der Waals surface area contributed by atoms with E-state index < -0.39 is 20.8 Å². The number of fused-ring (bicyclic) bond motifs is 1. The Labute approximate surface area is 116 Å². The van der Waals surface area contributed by atoms with Gasteiger partial charge in [-0.25, -0.2) is 0 Å². The Balaban J connectivity index is 0.000000386. The maximum absolute atomic E-state index is 4.93. The number of hydrogen-bond donors (Lipinski definition) is 0. The molecule has 0 amide bonds. The number of rotatable bonds is 3. The molecular weight excluding hydrogens is 318 g/mol. The fraction of sp³-hybridized carbons (Fsp3) is 0.308. The minimum absolute atomic E-state index is 0.826. The Morgan fingerprint density at radius 1 is 1.25 bits per heavy atom. The second kappa shape index (κ2) is 8.39. The van der Waals surface area contributed by atoms with Crippen LogP contribution in [0, 0.1) is 0 Å². The van der Waals surface area contributed by atoms with E-state index in [0.29, 0.717) is 0 Å². The molecule has 86 valence electrons. The molecule has 0 nitrogen and oxygen atoms in total. The van der Waals surface area contributed by atoms with Gasteiger partial charge in [0.05, 0.1) is 0 Å². The van der Waals surface area contributed by atoms with E-state index in [-0.39, 0.29) is 0 Å². The van der Waals surface area contributed by atoms with E-state index in [1.807, 2.05) is 0 Å². The van der Waals surface area contributed by atoms with E-state index in [1.165, 1.54) is 35.6 Å². The first-order valence-electron chi connectivity index (χ1n) is 5.42. The third kappa shape index (κ3) is 4.66. The molecule has 3 heteroatoms. The fourth-order valence-electron chi connectivity index (χ4n) is 1.74. The monoisotopic (exact) mass is 331 g/mol. The van der Waals surface area contributed by atoms with Crippen LogP contribution in [0.4, 0.5) is 0 Å². The molecule has 2 aromatic rings. The van der Waals surface area contributed by atoms with Crippen molar-refractivity contribution in [2.75, 3.05) is 0 Å². The van der Waals surface area contributed by atoms with Crippen molar-refractivity contribution >= 4 is 27.8 Å². The predicted molar refractivity (Wildman–Crippen MR) is 69.9 cm³/mol. The summed E-state index contributed by atoms with van der Waals surface area (Å²) in [6.07, 6.45) is 3.81. The zero-order chi connectivity index (χ0) is 11.8. The van der Waals surface area contributed by atoms with Crippen LogP contribution in [0.1, 0.15) is 25.3 Å². The normalized spacial score (nSPS) is 9.69. The van der Waals surface area contributed by atoms with Crippen LogP contribution in [-0.4, -0.2) is 0 Å². The van der Waals surface area contributed by atoms with Gasteiger partial charge in [0.1, 0.15) is 0 Å². The first kappa shape index (κ1) is 14.4. The first-order valence-corrected chi connectivity index (χ1v) is 11.8. The quantitative estimate of drug-likeness (QED) is 0.671. The average Bonchev–Trinajstić information content (AvgIpc) is 2.70. The van der Waals surface area contributed by atoms with Crippen LogP contribution in [0.25, 0.3) is 10.8 Å². The summed E-state index contributed by atoms with van der Waals surface area (Å²) in [5.74, 6) is 0. The van der Waals surface area contributed by atoms with Crippen LogP contribution < -0.4 is 0 Å². The fourth-order valence-corrected chi connectivity index (χ4v) is 1.74. The molecule has 0 unspecified atom stereocenters. The summed E-state index contributed by atoms with van der Waals surface area (Å²) in [4.78, 5) is 0. The second-order valence-corrected chi connectivity index (χ2v) is 7.40. The Morgan fingerprint density at radius 2 is 1.94 bits per heavy atom. The summed E-state index contributed by atoms with van der Waals surface area (Å²) < 4.78 is 0. The summed E-state index contributed by atoms with van der Waals surface area (Å²) in [6.45, 7) is 2.24. The molecule has 0 saturated heterocycles. The number of unbranched alkanes of at least 4 members (excludes halogenated alkanes) is 1. The number of aryl methyl sites for hydroxylation is 1. The van der Waals surface area contributed by atoms with Crippen LogP contribution >= 0.6 is 17.0 Å². The van der Waals surface area contributed by atoms with Crippen LogP contribution in [0.15, 0.2) is 36.4 Å². The van der Waals surface area contributed by atoms with Crippen molar-refractivity contribution in [1.29, 1.82) is 0 Å². The van der Waals surface area contributed by atoms with Crippen molar-refractivity contribution in [3.8, 4) is 0 Å². The van der Waals surface area contributed by atoms with E-state index in [9.17, 15) is 0 Å². The Hall–Kier alpha value is 0.293. The van der Waals surface area contributed by atoms with Gasteiger partial charge in [-0.15, -0.1) is 40.6 Å². The minimum atomic E-state index is -0.826. The van der Waals surface area contributed by atoms with E-state index in [2.05, 4.69) is 43.3 Å². The van der Waals surface area contributed by atoms with Crippen LogP contribution in [-0.2, 0) is 27.3 Å². The third-order valence-electron chi connectivity index (χ3n) is 2.50. The van der Waals surface area contributed by atoms with Gasteiger partial charge in [0.25, 0.3) is 0 Å². The molecule has 0 aliphatic rings. The number of halogens is 2. The summed E-state index contributed by atoms with van der Waals surface area (Å²) in [7, 11) is 9.87. The molecule has 0 radical (unpaired) electrons. The predicted octanol–water partition coefficient (Wildman–Crippen LogP) is 5.28. The summed E-state index contributed by atoms with van der Waals surface area (Å²) in [6, 6.07) is 13.2. The SMILES string of the molecule is CCCCc1cc2ccccc2[cH-]1.[Cl][Zr][Cl]. The zero-order valence-corrected chi connectivity index (χ0v) is 13.3. The molecule has 0 bridgehead atoms. The molecule has 0 atom stereocenters. The van der Waals surface area contributed by atoms with Crippen LogP contribution in [0.3, 0.4) is 0 Å². The number of hydrogen-bond acceptors (Lipinski definition) is 0. The van der Waals surface area contributed by atoms with Crippen molar-refractivity contribution in [3.05, 3.63) is 42.0 Å². The van der Waals surface area contributed by atoms with Gasteiger partial charge in [-0.05, 0) is 6.42 Å². The van der Waals surface area contributed by atoms with Crippen molar-refractivity contribution in [2.24, 2.45) is 0 Å². The van der Waals surface area contributed by atoms with Crippen molar-refractivity contribution in [3.63, 3.8) is 0 Å². The van der Waals surface area contributed by atoms with Crippen molar-refractivity contribution in [2.45, 2.75) is 26.2 Å². The van der Waals surface area contributed by atoms with Gasteiger partial charge >= 0.3 is 37.9 Å². The van der Waals surface area contributed by atoms with Crippen molar-refractivity contribution < 1.29 is 20.8 Å². The van der Waals surface area contributed by atoms with Gasteiger partial charge in [-0.3, -0.25) is 0 Å². The van der Waals surface area contributed by atoms with Gasteiger partial charge in [0, 0.05) is 0 Å². The summed E-state index contributed by atoms with van der Waals surface area (Å²) in [5.41, 5.74) is 1.49. The molecule has 0 aliphatic carbocycles. The second-order valence-electron chi connectivity index (χ2n) is 3.67.